The van der Waals surface area contributed by atoms with Gasteiger partial charge in [-0.15, -0.1) is 0 Å². The Morgan fingerprint density at radius 3 is 2.06 bits per heavy atom. The van der Waals surface area contributed by atoms with Crippen LogP contribution in [0.25, 0.3) is 5.65 Å². The van der Waals surface area contributed by atoms with Crippen LogP contribution in [0.1, 0.15) is 30.3 Å². The van der Waals surface area contributed by atoms with Gasteiger partial charge in [-0.25, -0.2) is 9.37 Å². The molecule has 1 fully saturated rings. The van der Waals surface area contributed by atoms with Gasteiger partial charge in [0, 0.05) is 49.4 Å². The molecule has 4 aromatic rings. The number of anilines is 2. The van der Waals surface area contributed by atoms with Crippen LogP contribution in [0.4, 0.5) is 15.8 Å². The molecule has 34 heavy (non-hydrogen) atoms. The number of aromatic nitrogens is 2. The van der Waals surface area contributed by atoms with E-state index in [2.05, 4.69) is 45.4 Å². The third-order valence-electron chi connectivity index (χ3n) is 6.75. The average Bonchev–Trinajstić information content (AvgIpc) is 3.22. The minimum atomic E-state index is -0.184. The van der Waals surface area contributed by atoms with Crippen LogP contribution in [0.3, 0.4) is 0 Å². The van der Waals surface area contributed by atoms with Crippen LogP contribution in [0.2, 0.25) is 5.02 Å². The summed E-state index contributed by atoms with van der Waals surface area (Å²) >= 11 is 6.23. The number of rotatable bonds is 7. The van der Waals surface area contributed by atoms with Crippen molar-refractivity contribution in [2.24, 2.45) is 0 Å². The van der Waals surface area contributed by atoms with E-state index in [1.807, 2.05) is 30.5 Å². The number of imidazole rings is 1. The van der Waals surface area contributed by atoms with Crippen LogP contribution in [0.5, 0.6) is 0 Å². The maximum Gasteiger partial charge on any atom is 0.137 e. The van der Waals surface area contributed by atoms with E-state index >= 15 is 0 Å². The van der Waals surface area contributed by atoms with Gasteiger partial charge in [-0.1, -0.05) is 30.7 Å². The molecule has 5 rings (SSSR count). The average molecular weight is 477 g/mol. The summed E-state index contributed by atoms with van der Waals surface area (Å²) in [7, 11) is 0. The Hall–Kier alpha value is -3.05. The molecule has 4 nitrogen and oxygen atoms in total. The van der Waals surface area contributed by atoms with Crippen molar-refractivity contribution in [3.05, 3.63) is 94.7 Å². The van der Waals surface area contributed by atoms with E-state index in [9.17, 15) is 4.39 Å². The number of pyridine rings is 1. The van der Waals surface area contributed by atoms with Gasteiger partial charge in [-0.3, -0.25) is 0 Å². The Kier molecular flexibility index (Phi) is 6.73. The first-order valence-electron chi connectivity index (χ1n) is 12.1. The first-order chi connectivity index (χ1) is 16.6. The first kappa shape index (κ1) is 22.7. The Labute approximate surface area is 205 Å². The second-order valence-corrected chi connectivity index (χ2v) is 9.34. The van der Waals surface area contributed by atoms with Crippen molar-refractivity contribution in [2.45, 2.75) is 32.6 Å². The van der Waals surface area contributed by atoms with Crippen molar-refractivity contribution < 1.29 is 4.39 Å². The van der Waals surface area contributed by atoms with Gasteiger partial charge in [0.1, 0.15) is 11.5 Å². The fourth-order valence-corrected chi connectivity index (χ4v) is 5.03. The molecular formula is C28H30ClFN4. The molecule has 1 aliphatic heterocycles. The summed E-state index contributed by atoms with van der Waals surface area (Å²) in [5.74, 6) is -0.184. The Bertz CT molecular complexity index is 1240. The Balaban J connectivity index is 1.16. The van der Waals surface area contributed by atoms with Gasteiger partial charge in [0.25, 0.3) is 0 Å². The lowest BCUT2D eigenvalue weighted by atomic mass is 10.0. The second kappa shape index (κ2) is 10.1. The van der Waals surface area contributed by atoms with Gasteiger partial charge in [0.05, 0.1) is 10.7 Å². The summed E-state index contributed by atoms with van der Waals surface area (Å²) < 4.78 is 15.3. The quantitative estimate of drug-likeness (QED) is 0.317. The van der Waals surface area contributed by atoms with Crippen LogP contribution in [0, 0.1) is 5.82 Å². The predicted molar refractivity (Wildman–Crippen MR) is 139 cm³/mol. The number of fused-ring (bicyclic) bond motifs is 1. The molecule has 0 amide bonds. The van der Waals surface area contributed by atoms with E-state index in [1.54, 1.807) is 0 Å². The molecule has 0 N–H and O–H groups in total. The molecule has 176 valence electrons. The fraction of sp³-hybridized carbons (Fsp3) is 0.321. The highest BCUT2D eigenvalue weighted by Crippen LogP contribution is 2.23. The van der Waals surface area contributed by atoms with E-state index in [-0.39, 0.29) is 5.82 Å². The molecule has 2 aromatic carbocycles. The zero-order chi connectivity index (χ0) is 23.5. The summed E-state index contributed by atoms with van der Waals surface area (Å²) in [6.45, 7) is 5.97. The molecule has 0 radical (unpaired) electrons. The lowest BCUT2D eigenvalue weighted by molar-refractivity contribution is 0.625. The number of hydrogen-bond acceptors (Lipinski definition) is 3. The van der Waals surface area contributed by atoms with Gasteiger partial charge in [0.2, 0.25) is 0 Å². The lowest BCUT2D eigenvalue weighted by Crippen LogP contribution is -2.46. The number of nitrogens with zero attached hydrogens (tertiary/aromatic N) is 4. The number of benzene rings is 2. The molecule has 6 heteroatoms. The number of aryl methyl sites for hydroxylation is 3. The fourth-order valence-electron chi connectivity index (χ4n) is 4.87. The minimum Gasteiger partial charge on any atom is -0.368 e. The van der Waals surface area contributed by atoms with E-state index < -0.39 is 0 Å². The smallest absolute Gasteiger partial charge is 0.137 e. The molecule has 2 aromatic heterocycles. The highest BCUT2D eigenvalue weighted by Gasteiger charge is 2.18. The molecule has 0 bridgehead atoms. The number of hydrogen-bond donors (Lipinski definition) is 0. The van der Waals surface area contributed by atoms with Crippen LogP contribution in [-0.2, 0) is 19.3 Å². The van der Waals surface area contributed by atoms with Crippen molar-refractivity contribution in [3.8, 4) is 0 Å². The summed E-state index contributed by atoms with van der Waals surface area (Å²) in [5.41, 5.74) is 7.13. The topological polar surface area (TPSA) is 23.8 Å². The van der Waals surface area contributed by atoms with Crippen molar-refractivity contribution in [1.82, 2.24) is 9.38 Å². The molecule has 0 unspecified atom stereocenters. The molecular weight excluding hydrogens is 447 g/mol. The third kappa shape index (κ3) is 4.90. The normalized spacial score (nSPS) is 14.2. The summed E-state index contributed by atoms with van der Waals surface area (Å²) in [6.07, 6.45) is 6.00. The monoisotopic (exact) mass is 476 g/mol. The third-order valence-corrected chi connectivity index (χ3v) is 6.97. The van der Waals surface area contributed by atoms with Crippen molar-refractivity contribution in [2.75, 3.05) is 36.0 Å². The maximum atomic E-state index is 13.2. The summed E-state index contributed by atoms with van der Waals surface area (Å²) in [4.78, 5) is 9.52. The van der Waals surface area contributed by atoms with Crippen molar-refractivity contribution in [1.29, 1.82) is 0 Å². The lowest BCUT2D eigenvalue weighted by Gasteiger charge is -2.37. The molecule has 0 saturated carbocycles. The van der Waals surface area contributed by atoms with Crippen molar-refractivity contribution >= 4 is 28.6 Å². The van der Waals surface area contributed by atoms with Crippen LogP contribution in [-0.4, -0.2) is 35.6 Å². The Morgan fingerprint density at radius 2 is 1.44 bits per heavy atom. The Morgan fingerprint density at radius 1 is 0.824 bits per heavy atom. The molecule has 3 heterocycles. The van der Waals surface area contributed by atoms with Crippen LogP contribution < -0.4 is 9.80 Å². The molecule has 1 aliphatic rings. The second-order valence-electron chi connectivity index (χ2n) is 8.90. The van der Waals surface area contributed by atoms with Crippen LogP contribution in [0.15, 0.2) is 66.9 Å². The largest absolute Gasteiger partial charge is 0.368 e. The highest BCUT2D eigenvalue weighted by molar-refractivity contribution is 6.30. The molecule has 0 spiro atoms. The zero-order valence-electron chi connectivity index (χ0n) is 19.6. The molecule has 0 aliphatic carbocycles. The SMILES string of the molecule is CCc1nc2ccc(Cl)cn2c1CCCc1ccc(N2CCN(c3ccc(F)cc3)CC2)cc1. The van der Waals surface area contributed by atoms with Gasteiger partial charge >= 0.3 is 0 Å². The zero-order valence-corrected chi connectivity index (χ0v) is 20.3. The van der Waals surface area contributed by atoms with E-state index in [0.717, 1.165) is 73.9 Å². The first-order valence-corrected chi connectivity index (χ1v) is 12.5. The van der Waals surface area contributed by atoms with E-state index in [0.29, 0.717) is 0 Å². The highest BCUT2D eigenvalue weighted by atomic mass is 35.5. The van der Waals surface area contributed by atoms with Gasteiger partial charge in [-0.2, -0.15) is 0 Å². The van der Waals surface area contributed by atoms with E-state index in [1.165, 1.54) is 29.1 Å². The van der Waals surface area contributed by atoms with Crippen molar-refractivity contribution in [3.63, 3.8) is 0 Å². The van der Waals surface area contributed by atoms with Gasteiger partial charge in [-0.05, 0) is 79.8 Å². The summed E-state index contributed by atoms with van der Waals surface area (Å²) in [5, 5.41) is 0.739. The molecule has 1 saturated heterocycles. The number of halogens is 2. The van der Waals surface area contributed by atoms with Gasteiger partial charge < -0.3 is 14.2 Å². The van der Waals surface area contributed by atoms with Crippen LogP contribution >= 0.6 is 11.6 Å². The van der Waals surface area contributed by atoms with Gasteiger partial charge in [0.15, 0.2) is 0 Å². The number of piperazine rings is 1. The predicted octanol–water partition coefficient (Wildman–Crippen LogP) is 6.19. The maximum absolute atomic E-state index is 13.2. The molecule has 0 atom stereocenters. The minimum absolute atomic E-state index is 0.184. The van der Waals surface area contributed by atoms with E-state index in [4.69, 9.17) is 16.6 Å². The summed E-state index contributed by atoms with van der Waals surface area (Å²) in [6, 6.07) is 19.7. The standard InChI is InChI=1S/C28H30ClFN4/c1-2-26-27(34-20-22(29)8-15-28(34)31-26)5-3-4-21-6-11-24(12-7-21)32-16-18-33(19-17-32)25-13-9-23(30)10-14-25/h6-15,20H,2-5,16-19H2,1H3.